The zero-order valence-corrected chi connectivity index (χ0v) is 15.7. The molecule has 0 atom stereocenters. The van der Waals surface area contributed by atoms with Gasteiger partial charge in [-0.25, -0.2) is 9.97 Å². The van der Waals surface area contributed by atoms with E-state index in [9.17, 15) is 4.79 Å². The van der Waals surface area contributed by atoms with E-state index in [0.717, 1.165) is 24.1 Å². The average Bonchev–Trinajstić information content (AvgIpc) is 2.75. The predicted octanol–water partition coefficient (Wildman–Crippen LogP) is 5.00. The molecule has 1 aliphatic rings. The molecule has 3 aromatic rings. The summed E-state index contributed by atoms with van der Waals surface area (Å²) < 4.78 is 5.89. The molecule has 1 aromatic heterocycles. The second-order valence-electron chi connectivity index (χ2n) is 7.05. The van der Waals surface area contributed by atoms with Gasteiger partial charge in [0.2, 0.25) is 5.88 Å². The number of carbonyl (C=O) groups excluding carboxylic acids is 1. The van der Waals surface area contributed by atoms with Crippen molar-refractivity contribution in [3.05, 3.63) is 72.6 Å². The summed E-state index contributed by atoms with van der Waals surface area (Å²) in [4.78, 5) is 21.1. The molecule has 28 heavy (non-hydrogen) atoms. The highest BCUT2D eigenvalue weighted by molar-refractivity contribution is 5.94. The standard InChI is InChI=1S/C23H23N3O2/c27-23(26-19-11-5-2-6-12-19)18-10-7-13-20(14-18)28-22-15-21(24-16-25-22)17-8-3-1-4-9-17/h1,3-4,7-10,13-16,19H,2,5-6,11-12H2,(H,26,27). The van der Waals surface area contributed by atoms with Crippen LogP contribution in [-0.2, 0) is 0 Å². The van der Waals surface area contributed by atoms with Gasteiger partial charge in [-0.3, -0.25) is 4.79 Å². The first kappa shape index (κ1) is 18.2. The quantitative estimate of drug-likeness (QED) is 0.684. The Kier molecular flexibility index (Phi) is 5.61. The summed E-state index contributed by atoms with van der Waals surface area (Å²) in [5, 5.41) is 3.14. The van der Waals surface area contributed by atoms with Crippen LogP contribution < -0.4 is 10.1 Å². The maximum Gasteiger partial charge on any atom is 0.251 e. The molecule has 1 saturated carbocycles. The van der Waals surface area contributed by atoms with Gasteiger partial charge >= 0.3 is 0 Å². The lowest BCUT2D eigenvalue weighted by atomic mass is 9.95. The van der Waals surface area contributed by atoms with Crippen LogP contribution in [0.1, 0.15) is 42.5 Å². The third-order valence-corrected chi connectivity index (χ3v) is 4.97. The fourth-order valence-electron chi connectivity index (χ4n) is 3.50. The first-order valence-electron chi connectivity index (χ1n) is 9.74. The summed E-state index contributed by atoms with van der Waals surface area (Å²) in [7, 11) is 0. The van der Waals surface area contributed by atoms with Crippen LogP contribution in [0.5, 0.6) is 11.6 Å². The van der Waals surface area contributed by atoms with Crippen LogP contribution in [0.4, 0.5) is 0 Å². The van der Waals surface area contributed by atoms with Gasteiger partial charge in [-0.15, -0.1) is 0 Å². The number of nitrogens with zero attached hydrogens (tertiary/aromatic N) is 2. The van der Waals surface area contributed by atoms with Gasteiger partial charge < -0.3 is 10.1 Å². The molecule has 5 heteroatoms. The summed E-state index contributed by atoms with van der Waals surface area (Å²) in [6, 6.07) is 19.1. The molecule has 0 radical (unpaired) electrons. The van der Waals surface area contributed by atoms with E-state index in [-0.39, 0.29) is 11.9 Å². The second-order valence-corrected chi connectivity index (χ2v) is 7.05. The molecule has 1 N–H and O–H groups in total. The minimum Gasteiger partial charge on any atom is -0.439 e. The number of benzene rings is 2. The zero-order valence-electron chi connectivity index (χ0n) is 15.7. The first-order valence-corrected chi connectivity index (χ1v) is 9.74. The minimum atomic E-state index is -0.0509. The molecule has 1 heterocycles. The van der Waals surface area contributed by atoms with Crippen molar-refractivity contribution in [1.82, 2.24) is 15.3 Å². The van der Waals surface area contributed by atoms with Crippen LogP contribution in [0.25, 0.3) is 11.3 Å². The molecular weight excluding hydrogens is 350 g/mol. The number of rotatable bonds is 5. The van der Waals surface area contributed by atoms with Crippen molar-refractivity contribution in [1.29, 1.82) is 0 Å². The maximum atomic E-state index is 12.6. The number of nitrogens with one attached hydrogen (secondary N) is 1. The van der Waals surface area contributed by atoms with Crippen molar-refractivity contribution >= 4 is 5.91 Å². The molecule has 0 saturated heterocycles. The molecule has 0 aliphatic heterocycles. The Morgan fingerprint density at radius 3 is 2.57 bits per heavy atom. The van der Waals surface area contributed by atoms with Gasteiger partial charge in [0.1, 0.15) is 12.1 Å². The SMILES string of the molecule is O=C(NC1CCCCC1)c1cccc(Oc2cc(-c3ccccc3)ncn2)c1. The Labute approximate surface area is 164 Å². The molecule has 0 spiro atoms. The topological polar surface area (TPSA) is 64.1 Å². The molecule has 2 aromatic carbocycles. The zero-order chi connectivity index (χ0) is 19.2. The number of carbonyl (C=O) groups is 1. The lowest BCUT2D eigenvalue weighted by Gasteiger charge is -2.22. The Bertz CT molecular complexity index is 937. The molecule has 1 amide bonds. The molecule has 1 fully saturated rings. The molecule has 5 nitrogen and oxygen atoms in total. The van der Waals surface area contributed by atoms with Gasteiger partial charge in [0.15, 0.2) is 0 Å². The number of amides is 1. The molecule has 4 rings (SSSR count). The number of hydrogen-bond donors (Lipinski definition) is 1. The van der Waals surface area contributed by atoms with Gasteiger partial charge in [-0.2, -0.15) is 0 Å². The fraction of sp³-hybridized carbons (Fsp3) is 0.261. The normalized spacial score (nSPS) is 14.4. The minimum absolute atomic E-state index is 0.0509. The maximum absolute atomic E-state index is 12.6. The number of hydrogen-bond acceptors (Lipinski definition) is 4. The Morgan fingerprint density at radius 1 is 0.929 bits per heavy atom. The Morgan fingerprint density at radius 2 is 1.75 bits per heavy atom. The fourth-order valence-corrected chi connectivity index (χ4v) is 3.50. The van der Waals surface area contributed by atoms with Gasteiger partial charge in [0.05, 0.1) is 5.69 Å². The largest absolute Gasteiger partial charge is 0.439 e. The van der Waals surface area contributed by atoms with E-state index < -0.39 is 0 Å². The van der Waals surface area contributed by atoms with Crippen LogP contribution in [0, 0.1) is 0 Å². The van der Waals surface area contributed by atoms with Crippen LogP contribution in [0.3, 0.4) is 0 Å². The molecule has 1 aliphatic carbocycles. The molecule has 0 bridgehead atoms. The molecule has 0 unspecified atom stereocenters. The van der Waals surface area contributed by atoms with E-state index in [1.807, 2.05) is 42.5 Å². The molecular formula is C23H23N3O2. The van der Waals surface area contributed by atoms with Gasteiger partial charge in [0.25, 0.3) is 5.91 Å². The highest BCUT2D eigenvalue weighted by Gasteiger charge is 2.17. The summed E-state index contributed by atoms with van der Waals surface area (Å²) in [6.07, 6.45) is 7.24. The second kappa shape index (κ2) is 8.65. The van der Waals surface area contributed by atoms with E-state index in [4.69, 9.17) is 4.74 Å². The van der Waals surface area contributed by atoms with Crippen LogP contribution in [0.2, 0.25) is 0 Å². The van der Waals surface area contributed by atoms with E-state index in [1.165, 1.54) is 25.6 Å². The van der Waals surface area contributed by atoms with Gasteiger partial charge in [-0.05, 0) is 31.0 Å². The van der Waals surface area contributed by atoms with Crippen LogP contribution in [0.15, 0.2) is 67.0 Å². The number of aromatic nitrogens is 2. The molecule has 142 valence electrons. The van der Waals surface area contributed by atoms with Crippen molar-refractivity contribution < 1.29 is 9.53 Å². The smallest absolute Gasteiger partial charge is 0.251 e. The summed E-state index contributed by atoms with van der Waals surface area (Å²) in [5.41, 5.74) is 2.38. The van der Waals surface area contributed by atoms with Crippen molar-refractivity contribution in [2.24, 2.45) is 0 Å². The van der Waals surface area contributed by atoms with E-state index in [0.29, 0.717) is 17.2 Å². The van der Waals surface area contributed by atoms with E-state index in [1.54, 1.807) is 18.2 Å². The van der Waals surface area contributed by atoms with Crippen molar-refractivity contribution in [2.75, 3.05) is 0 Å². The van der Waals surface area contributed by atoms with Gasteiger partial charge in [-0.1, -0.05) is 55.7 Å². The third-order valence-electron chi connectivity index (χ3n) is 4.97. The van der Waals surface area contributed by atoms with E-state index in [2.05, 4.69) is 15.3 Å². The summed E-state index contributed by atoms with van der Waals surface area (Å²) in [6.45, 7) is 0. The van der Waals surface area contributed by atoms with Crippen molar-refractivity contribution in [2.45, 2.75) is 38.1 Å². The number of ether oxygens (including phenoxy) is 1. The highest BCUT2D eigenvalue weighted by atomic mass is 16.5. The summed E-state index contributed by atoms with van der Waals surface area (Å²) >= 11 is 0. The Hall–Kier alpha value is -3.21. The third kappa shape index (κ3) is 4.55. The highest BCUT2D eigenvalue weighted by Crippen LogP contribution is 2.25. The van der Waals surface area contributed by atoms with Crippen LogP contribution >= 0.6 is 0 Å². The van der Waals surface area contributed by atoms with E-state index >= 15 is 0 Å². The van der Waals surface area contributed by atoms with Crippen molar-refractivity contribution in [3.63, 3.8) is 0 Å². The average molecular weight is 373 g/mol. The van der Waals surface area contributed by atoms with Gasteiger partial charge in [0, 0.05) is 23.2 Å². The lowest BCUT2D eigenvalue weighted by Crippen LogP contribution is -2.36. The summed E-state index contributed by atoms with van der Waals surface area (Å²) in [5.74, 6) is 0.970. The van der Waals surface area contributed by atoms with Crippen molar-refractivity contribution in [3.8, 4) is 22.9 Å². The first-order chi connectivity index (χ1) is 13.8. The lowest BCUT2D eigenvalue weighted by molar-refractivity contribution is 0.0927. The van der Waals surface area contributed by atoms with Crippen LogP contribution in [-0.4, -0.2) is 21.9 Å². The predicted molar refractivity (Wildman–Crippen MR) is 108 cm³/mol. The Balaban J connectivity index is 1.47. The monoisotopic (exact) mass is 373 g/mol.